The Morgan fingerprint density at radius 3 is 2.82 bits per heavy atom. The van der Waals surface area contributed by atoms with Crippen LogP contribution in [0.1, 0.15) is 36.9 Å². The second-order valence-corrected chi connectivity index (χ2v) is 4.48. The lowest BCUT2D eigenvalue weighted by Crippen LogP contribution is -2.38. The van der Waals surface area contributed by atoms with Gasteiger partial charge in [-0.05, 0) is 31.9 Å². The van der Waals surface area contributed by atoms with Gasteiger partial charge in [0.05, 0.1) is 25.6 Å². The maximum atomic E-state index is 11.4. The second-order valence-electron chi connectivity index (χ2n) is 4.48. The average molecular weight is 235 g/mol. The Bertz CT molecular complexity index is 439. The van der Waals surface area contributed by atoms with Crippen LogP contribution >= 0.6 is 0 Å². The molecule has 0 unspecified atom stereocenters. The molecule has 2 N–H and O–H groups in total. The lowest BCUT2D eigenvalue weighted by molar-refractivity contribution is -0.665. The van der Waals surface area contributed by atoms with E-state index in [-0.39, 0.29) is 12.4 Å². The van der Waals surface area contributed by atoms with E-state index >= 15 is 0 Å². The Labute approximate surface area is 101 Å². The summed E-state index contributed by atoms with van der Waals surface area (Å²) in [7, 11) is 1.96. The van der Waals surface area contributed by atoms with E-state index in [2.05, 4.69) is 6.07 Å². The molecule has 1 aliphatic rings. The fraction of sp³-hybridized carbons (Fsp3) is 0.538. The van der Waals surface area contributed by atoms with Gasteiger partial charge in [0.1, 0.15) is 5.69 Å². The largest absolute Gasteiger partial charge is 0.466 e. The zero-order chi connectivity index (χ0) is 12.4. The fourth-order valence-corrected chi connectivity index (χ4v) is 2.04. The Hall–Kier alpha value is -1.58. The van der Waals surface area contributed by atoms with Crippen molar-refractivity contribution in [1.29, 1.82) is 0 Å². The van der Waals surface area contributed by atoms with Gasteiger partial charge in [0.15, 0.2) is 0 Å². The molecule has 1 aliphatic carbocycles. The molecular formula is C13H19N2O2+. The van der Waals surface area contributed by atoms with E-state index in [1.165, 1.54) is 18.5 Å². The van der Waals surface area contributed by atoms with Crippen LogP contribution in [-0.2, 0) is 23.0 Å². The molecule has 0 amide bonds. The van der Waals surface area contributed by atoms with Crippen molar-refractivity contribution in [2.75, 3.05) is 12.3 Å². The minimum atomic E-state index is -0.224. The quantitative estimate of drug-likeness (QED) is 0.627. The van der Waals surface area contributed by atoms with Crippen LogP contribution < -0.4 is 10.3 Å². The number of pyridine rings is 1. The summed E-state index contributed by atoms with van der Waals surface area (Å²) >= 11 is 0. The third kappa shape index (κ3) is 2.57. The first-order chi connectivity index (χ1) is 8.13. The summed E-state index contributed by atoms with van der Waals surface area (Å²) in [5, 5.41) is 0. The van der Waals surface area contributed by atoms with Gasteiger partial charge in [0.2, 0.25) is 0 Å². The summed E-state index contributed by atoms with van der Waals surface area (Å²) in [6, 6.07) is 4.02. The van der Waals surface area contributed by atoms with Crippen molar-refractivity contribution in [1.82, 2.24) is 0 Å². The van der Waals surface area contributed by atoms with Crippen LogP contribution in [0.4, 0.5) is 5.82 Å². The van der Waals surface area contributed by atoms with Crippen molar-refractivity contribution in [3.8, 4) is 0 Å². The van der Waals surface area contributed by atoms with Crippen molar-refractivity contribution < 1.29 is 14.1 Å². The molecule has 0 radical (unpaired) electrons. The van der Waals surface area contributed by atoms with E-state index in [0.717, 1.165) is 5.56 Å². The molecule has 0 bridgehead atoms. The number of nitrogens with two attached hydrogens (primary N) is 1. The number of rotatable bonds is 4. The highest BCUT2D eigenvalue weighted by Crippen LogP contribution is 2.38. The van der Waals surface area contributed by atoms with Crippen LogP contribution in [0.25, 0.3) is 0 Å². The van der Waals surface area contributed by atoms with Crippen molar-refractivity contribution in [3.63, 3.8) is 0 Å². The number of carbonyl (C=O) groups excluding carboxylic acids is 1. The Morgan fingerprint density at radius 1 is 1.53 bits per heavy atom. The van der Waals surface area contributed by atoms with E-state index in [9.17, 15) is 4.79 Å². The number of nitrogens with zero attached hydrogens (tertiary/aromatic N) is 1. The molecule has 1 aromatic rings. The van der Waals surface area contributed by atoms with Crippen molar-refractivity contribution in [3.05, 3.63) is 23.4 Å². The highest BCUT2D eigenvalue weighted by molar-refractivity contribution is 5.73. The van der Waals surface area contributed by atoms with Gasteiger partial charge in [-0.3, -0.25) is 10.5 Å². The van der Waals surface area contributed by atoms with E-state index in [1.54, 1.807) is 6.92 Å². The van der Waals surface area contributed by atoms with Gasteiger partial charge in [0, 0.05) is 5.92 Å². The molecule has 92 valence electrons. The Balaban J connectivity index is 2.18. The van der Waals surface area contributed by atoms with E-state index in [1.807, 2.05) is 17.7 Å². The number of hydrogen-bond acceptors (Lipinski definition) is 3. The van der Waals surface area contributed by atoms with Crippen molar-refractivity contribution in [2.45, 2.75) is 32.1 Å². The van der Waals surface area contributed by atoms with Crippen LogP contribution in [0.5, 0.6) is 0 Å². The fourth-order valence-electron chi connectivity index (χ4n) is 2.04. The third-order valence-electron chi connectivity index (χ3n) is 3.17. The molecule has 17 heavy (non-hydrogen) atoms. The summed E-state index contributed by atoms with van der Waals surface area (Å²) in [4.78, 5) is 11.4. The normalized spacial score (nSPS) is 14.7. The molecule has 0 spiro atoms. The number of ether oxygens (including phenoxy) is 1. The van der Waals surface area contributed by atoms with Crippen LogP contribution in [0.2, 0.25) is 0 Å². The van der Waals surface area contributed by atoms with Crippen LogP contribution in [0.15, 0.2) is 12.1 Å². The maximum Gasteiger partial charge on any atom is 0.310 e. The summed E-state index contributed by atoms with van der Waals surface area (Å²) < 4.78 is 6.92. The summed E-state index contributed by atoms with van der Waals surface area (Å²) in [6.07, 6.45) is 2.73. The molecule has 2 rings (SSSR count). The first kappa shape index (κ1) is 11.9. The summed E-state index contributed by atoms with van der Waals surface area (Å²) in [6.45, 7) is 2.21. The molecule has 0 aliphatic heterocycles. The van der Waals surface area contributed by atoms with E-state index in [4.69, 9.17) is 10.5 Å². The predicted octanol–water partition coefficient (Wildman–Crippen LogP) is 1.08. The first-order valence-corrected chi connectivity index (χ1v) is 6.06. The number of aromatic nitrogens is 1. The molecule has 0 saturated heterocycles. The molecule has 1 fully saturated rings. The van der Waals surface area contributed by atoms with Gasteiger partial charge in [0.25, 0.3) is 5.82 Å². The van der Waals surface area contributed by atoms with Gasteiger partial charge >= 0.3 is 5.97 Å². The van der Waals surface area contributed by atoms with Crippen LogP contribution in [0, 0.1) is 0 Å². The standard InChI is InChI=1S/C13H18N2O2/c1-3-17-12(16)8-10-6-7-11(9-4-5-9)15(2)13(10)14/h6-7,9,14H,3-5,8H2,1-2H3/p+1. The highest BCUT2D eigenvalue weighted by Gasteiger charge is 2.30. The number of esters is 1. The number of carbonyl (C=O) groups is 1. The van der Waals surface area contributed by atoms with Crippen molar-refractivity contribution >= 4 is 11.8 Å². The van der Waals surface area contributed by atoms with Gasteiger partial charge in [-0.25, -0.2) is 4.57 Å². The maximum absolute atomic E-state index is 11.4. The van der Waals surface area contributed by atoms with Gasteiger partial charge in [-0.15, -0.1) is 0 Å². The Morgan fingerprint density at radius 2 is 2.24 bits per heavy atom. The Kier molecular flexibility index (Phi) is 3.31. The lowest BCUT2D eigenvalue weighted by Gasteiger charge is -2.08. The van der Waals surface area contributed by atoms with Crippen LogP contribution in [-0.4, -0.2) is 12.6 Å². The van der Waals surface area contributed by atoms with E-state index < -0.39 is 0 Å². The zero-order valence-electron chi connectivity index (χ0n) is 10.4. The van der Waals surface area contributed by atoms with E-state index in [0.29, 0.717) is 18.3 Å². The zero-order valence-corrected chi connectivity index (χ0v) is 10.4. The smallest absolute Gasteiger partial charge is 0.310 e. The molecule has 0 aromatic carbocycles. The first-order valence-electron chi connectivity index (χ1n) is 6.06. The lowest BCUT2D eigenvalue weighted by atomic mass is 10.1. The summed E-state index contributed by atoms with van der Waals surface area (Å²) in [5.41, 5.74) is 8.15. The average Bonchev–Trinajstić information content (AvgIpc) is 3.09. The topological polar surface area (TPSA) is 56.2 Å². The third-order valence-corrected chi connectivity index (χ3v) is 3.17. The number of nitrogen functional groups attached to an aromatic ring is 1. The highest BCUT2D eigenvalue weighted by atomic mass is 16.5. The van der Waals surface area contributed by atoms with Crippen LogP contribution in [0.3, 0.4) is 0 Å². The number of anilines is 1. The molecule has 0 atom stereocenters. The predicted molar refractivity (Wildman–Crippen MR) is 64.3 cm³/mol. The molecule has 4 nitrogen and oxygen atoms in total. The number of hydrogen-bond donors (Lipinski definition) is 1. The summed E-state index contributed by atoms with van der Waals surface area (Å²) in [5.74, 6) is 1.10. The SMILES string of the molecule is CCOC(=O)Cc1ccc(C2CC2)[n+](C)c1N. The molecular weight excluding hydrogens is 216 g/mol. The molecule has 1 heterocycles. The minimum Gasteiger partial charge on any atom is -0.466 e. The molecule has 4 heteroatoms. The van der Waals surface area contributed by atoms with Crippen molar-refractivity contribution in [2.24, 2.45) is 7.05 Å². The monoisotopic (exact) mass is 235 g/mol. The van der Waals surface area contributed by atoms with Gasteiger partial charge in [-0.2, -0.15) is 0 Å². The molecule has 1 aromatic heterocycles. The van der Waals surface area contributed by atoms with Gasteiger partial charge < -0.3 is 4.74 Å². The van der Waals surface area contributed by atoms with Gasteiger partial charge in [-0.1, -0.05) is 0 Å². The second kappa shape index (κ2) is 4.73. The minimum absolute atomic E-state index is 0.224. The molecule has 1 saturated carbocycles.